The van der Waals surface area contributed by atoms with Crippen molar-refractivity contribution >= 4 is 10.8 Å². The van der Waals surface area contributed by atoms with E-state index in [1.54, 1.807) is 6.92 Å². The van der Waals surface area contributed by atoms with Gasteiger partial charge in [-0.1, -0.05) is 0 Å². The Balaban J connectivity index is 2.86. The minimum absolute atomic E-state index is 0.00935. The van der Waals surface area contributed by atoms with Crippen LogP contribution in [0.25, 0.3) is 10.8 Å². The number of hydrogen-bond donors (Lipinski definition) is 1. The third kappa shape index (κ3) is 1.67. The number of methoxy groups -OCH3 is 1. The molecule has 6 heteroatoms. The van der Waals surface area contributed by atoms with Crippen LogP contribution >= 0.6 is 0 Å². The van der Waals surface area contributed by atoms with Crippen LogP contribution in [-0.4, -0.2) is 12.2 Å². The molecule has 0 unspecified atom stereocenters. The van der Waals surface area contributed by atoms with Gasteiger partial charge in [-0.05, 0) is 30.7 Å². The zero-order valence-electron chi connectivity index (χ0n) is 11.7. The van der Waals surface area contributed by atoms with E-state index in [0.717, 1.165) is 6.07 Å². The summed E-state index contributed by atoms with van der Waals surface area (Å²) in [5.41, 5.74) is -2.92. The second-order valence-electron chi connectivity index (χ2n) is 5.02. The van der Waals surface area contributed by atoms with Gasteiger partial charge in [0.2, 0.25) is 10.9 Å². The van der Waals surface area contributed by atoms with Gasteiger partial charge < -0.3 is 9.84 Å². The Morgan fingerprint density at radius 1 is 0.909 bits per heavy atom. The highest BCUT2D eigenvalue weighted by atomic mass is 16.5. The van der Waals surface area contributed by atoms with E-state index in [-0.39, 0.29) is 27.5 Å². The van der Waals surface area contributed by atoms with Crippen molar-refractivity contribution in [1.29, 1.82) is 0 Å². The van der Waals surface area contributed by atoms with Crippen LogP contribution in [0.1, 0.15) is 5.56 Å². The summed E-state index contributed by atoms with van der Waals surface area (Å²) in [6.45, 7) is 1.66. The smallest absolute Gasteiger partial charge is 0.268 e. The molecule has 0 saturated carbocycles. The van der Waals surface area contributed by atoms with Gasteiger partial charge in [-0.25, -0.2) is 0 Å². The van der Waals surface area contributed by atoms with E-state index in [1.165, 1.54) is 19.2 Å². The van der Waals surface area contributed by atoms with Crippen molar-refractivity contribution in [3.05, 3.63) is 75.1 Å². The number of fused-ring (bicyclic) bond motifs is 1. The third-order valence-electron chi connectivity index (χ3n) is 3.63. The Morgan fingerprint density at radius 2 is 1.59 bits per heavy atom. The number of hydrogen-bond acceptors (Lipinski definition) is 6. The van der Waals surface area contributed by atoms with E-state index in [4.69, 9.17) is 4.74 Å². The number of benzene rings is 1. The fourth-order valence-corrected chi connectivity index (χ4v) is 2.63. The number of rotatable bonds is 1. The molecule has 0 aromatic heterocycles. The van der Waals surface area contributed by atoms with E-state index in [0.29, 0.717) is 5.56 Å². The number of phenolic OH excluding ortho intramolecular Hbond substituents is 1. The predicted molar refractivity (Wildman–Crippen MR) is 79.7 cm³/mol. The van der Waals surface area contributed by atoms with Gasteiger partial charge in [0.05, 0.1) is 17.7 Å². The van der Waals surface area contributed by atoms with E-state index >= 15 is 0 Å². The topological polar surface area (TPSA) is 97.7 Å². The van der Waals surface area contributed by atoms with E-state index in [9.17, 15) is 24.3 Å². The molecule has 110 valence electrons. The Morgan fingerprint density at radius 3 is 2.23 bits per heavy atom. The van der Waals surface area contributed by atoms with Gasteiger partial charge in [0.25, 0.3) is 5.43 Å². The molecule has 0 radical (unpaired) electrons. The van der Waals surface area contributed by atoms with Gasteiger partial charge in [0, 0.05) is 10.6 Å². The molecule has 0 bridgehead atoms. The highest BCUT2D eigenvalue weighted by Crippen LogP contribution is 2.21. The van der Waals surface area contributed by atoms with Gasteiger partial charge >= 0.3 is 0 Å². The summed E-state index contributed by atoms with van der Waals surface area (Å²) in [6, 6.07) is 3.88. The minimum Gasteiger partial charge on any atom is -0.507 e. The fourth-order valence-electron chi connectivity index (χ4n) is 2.63. The van der Waals surface area contributed by atoms with Crippen LogP contribution in [0.2, 0.25) is 0 Å². The first-order valence-corrected chi connectivity index (χ1v) is 6.38. The Labute approximate surface area is 122 Å². The van der Waals surface area contributed by atoms with Gasteiger partial charge in [0.15, 0.2) is 11.2 Å². The molecular weight excluding hydrogens is 288 g/mol. The van der Waals surface area contributed by atoms with E-state index in [1.807, 2.05) is 0 Å². The molecule has 2 aliphatic rings. The lowest BCUT2D eigenvalue weighted by Gasteiger charge is -2.03. The fraction of sp³-hybridized carbons (Fsp3) is 0.125. The molecule has 3 rings (SSSR count). The summed E-state index contributed by atoms with van der Waals surface area (Å²) < 4.78 is 4.79. The lowest BCUT2D eigenvalue weighted by atomic mass is 10.0. The van der Waals surface area contributed by atoms with Crippen molar-refractivity contribution in [1.82, 2.24) is 0 Å². The monoisotopic (exact) mass is 298 g/mol. The third-order valence-corrected chi connectivity index (χ3v) is 3.63. The molecule has 0 amide bonds. The zero-order chi connectivity index (χ0) is 16.2. The Hall–Kier alpha value is -3.02. The molecule has 0 aliphatic heterocycles. The molecule has 22 heavy (non-hydrogen) atoms. The standard InChI is InChI=1S/C16H10O6/c1-6-3-7-11(9(17)4-6)15(20)12-8(13(7)18)5-10(22-2)14(19)16(12)21/h3-5,17H,1-2H3. The van der Waals surface area contributed by atoms with Gasteiger partial charge in [-0.2, -0.15) is 0 Å². The highest BCUT2D eigenvalue weighted by molar-refractivity contribution is 5.88. The molecule has 1 N–H and O–H groups in total. The van der Waals surface area contributed by atoms with Crippen molar-refractivity contribution in [2.24, 2.45) is 0 Å². The minimum atomic E-state index is -1.10. The molecular formula is C16H10O6. The van der Waals surface area contributed by atoms with Crippen LogP contribution in [0.5, 0.6) is 11.5 Å². The zero-order valence-corrected chi connectivity index (χ0v) is 11.7. The van der Waals surface area contributed by atoms with Crippen molar-refractivity contribution in [3.63, 3.8) is 0 Å². The quantitative estimate of drug-likeness (QED) is 0.630. The SMILES string of the molecule is COc1cc2c(=O)c3cc(C)cc(O)c3c(=O)c=2c(=O)c1=O. The normalized spacial score (nSPS) is 11.2. The van der Waals surface area contributed by atoms with Crippen molar-refractivity contribution < 1.29 is 9.84 Å². The first-order chi connectivity index (χ1) is 10.4. The number of aryl methyl sites for hydroxylation is 1. The summed E-state index contributed by atoms with van der Waals surface area (Å²) in [4.78, 5) is 48.9. The summed E-state index contributed by atoms with van der Waals surface area (Å²) >= 11 is 0. The second-order valence-corrected chi connectivity index (χ2v) is 5.02. The first kappa shape index (κ1) is 13.9. The Bertz CT molecular complexity index is 1200. The molecule has 1 aromatic rings. The maximum absolute atomic E-state index is 12.5. The summed E-state index contributed by atoms with van der Waals surface area (Å²) in [5.74, 6) is -0.674. The van der Waals surface area contributed by atoms with Crippen molar-refractivity contribution in [2.75, 3.05) is 7.11 Å². The number of phenols is 1. The van der Waals surface area contributed by atoms with E-state index in [2.05, 4.69) is 0 Å². The van der Waals surface area contributed by atoms with Crippen LogP contribution in [0.4, 0.5) is 0 Å². The van der Waals surface area contributed by atoms with Gasteiger partial charge in [-0.3, -0.25) is 19.2 Å². The van der Waals surface area contributed by atoms with Gasteiger partial charge in [-0.15, -0.1) is 0 Å². The largest absolute Gasteiger partial charge is 0.507 e. The molecule has 0 spiro atoms. The number of aromatic hydroxyl groups is 1. The number of ether oxygens (including phenoxy) is 1. The van der Waals surface area contributed by atoms with E-state index < -0.39 is 26.9 Å². The Kier molecular flexibility index (Phi) is 2.84. The van der Waals surface area contributed by atoms with Crippen LogP contribution in [-0.2, 0) is 0 Å². The second kappa shape index (κ2) is 4.49. The van der Waals surface area contributed by atoms with Crippen LogP contribution < -0.4 is 26.5 Å². The van der Waals surface area contributed by atoms with Crippen molar-refractivity contribution in [2.45, 2.75) is 6.92 Å². The van der Waals surface area contributed by atoms with Gasteiger partial charge in [0.1, 0.15) is 5.75 Å². The van der Waals surface area contributed by atoms with Crippen LogP contribution in [0.3, 0.4) is 0 Å². The summed E-state index contributed by atoms with van der Waals surface area (Å²) in [7, 11) is 1.20. The van der Waals surface area contributed by atoms with Crippen LogP contribution in [0, 0.1) is 17.4 Å². The molecule has 1 aromatic carbocycles. The highest BCUT2D eigenvalue weighted by Gasteiger charge is 2.17. The molecule has 0 fully saturated rings. The first-order valence-electron chi connectivity index (χ1n) is 6.38. The molecule has 6 nitrogen and oxygen atoms in total. The molecule has 0 saturated heterocycles. The average Bonchev–Trinajstić information content (AvgIpc) is 2.46. The van der Waals surface area contributed by atoms with Crippen molar-refractivity contribution in [3.8, 4) is 11.5 Å². The molecule has 2 aliphatic carbocycles. The maximum Gasteiger partial charge on any atom is 0.268 e. The predicted octanol–water partition coefficient (Wildman–Crippen LogP) is -0.0964. The summed E-state index contributed by atoms with van der Waals surface area (Å²) in [5, 5.41) is 9.01. The van der Waals surface area contributed by atoms with Crippen LogP contribution in [0.15, 0.2) is 37.4 Å². The summed E-state index contributed by atoms with van der Waals surface area (Å²) in [6.07, 6.45) is 0. The lowest BCUT2D eigenvalue weighted by molar-refractivity contribution is 0.410. The molecule has 0 heterocycles. The lowest BCUT2D eigenvalue weighted by Crippen LogP contribution is -2.32. The molecule has 0 atom stereocenters. The maximum atomic E-state index is 12.5. The average molecular weight is 298 g/mol.